The Balaban J connectivity index is 2.99. The molecule has 7 N–H and O–H groups in total. The van der Waals surface area contributed by atoms with Crippen LogP contribution in [0, 0.1) is 0 Å². The van der Waals surface area contributed by atoms with Gasteiger partial charge in [0.2, 0.25) is 0 Å². The van der Waals surface area contributed by atoms with Crippen molar-refractivity contribution in [2.75, 3.05) is 19.8 Å². The van der Waals surface area contributed by atoms with Crippen LogP contribution in [0.5, 0.6) is 0 Å². The minimum Gasteiger partial charge on any atom is -0.409 e. The molecule has 0 aliphatic heterocycles. The number of hydrogen-bond donors (Lipinski definition) is 6. The van der Waals surface area contributed by atoms with Crippen LogP contribution >= 0.6 is 0 Å². The molecule has 1 atom stereocenters. The fraction of sp³-hybridized carbons (Fsp3) is 0.462. The van der Waals surface area contributed by atoms with Crippen LogP contribution in [0.1, 0.15) is 18.0 Å². The molecule has 1 unspecified atom stereocenters. The molecular weight excluding hydrogens is 262 g/mol. The Bertz CT molecular complexity index is 413. The quantitative estimate of drug-likeness (QED) is 0.160. The van der Waals surface area contributed by atoms with Crippen molar-refractivity contribution < 1.29 is 20.5 Å². The Morgan fingerprint density at radius 3 is 2.15 bits per heavy atom. The third-order valence-corrected chi connectivity index (χ3v) is 3.13. The van der Waals surface area contributed by atoms with E-state index in [4.69, 9.17) is 10.9 Å². The number of aliphatic hydroxyl groups excluding tert-OH is 3. The van der Waals surface area contributed by atoms with E-state index in [1.165, 1.54) is 0 Å². The Labute approximate surface area is 117 Å². The lowest BCUT2D eigenvalue weighted by molar-refractivity contribution is 0.0344. The Kier molecular flexibility index (Phi) is 6.40. The fourth-order valence-electron chi connectivity index (χ4n) is 1.84. The molecule has 0 saturated heterocycles. The smallest absolute Gasteiger partial charge is 0.141 e. The largest absolute Gasteiger partial charge is 0.409 e. The van der Waals surface area contributed by atoms with E-state index in [0.29, 0.717) is 0 Å². The lowest BCUT2D eigenvalue weighted by Crippen LogP contribution is -2.56. The number of oxime groups is 1. The summed E-state index contributed by atoms with van der Waals surface area (Å²) < 4.78 is 0. The van der Waals surface area contributed by atoms with Gasteiger partial charge in [0, 0.05) is 12.5 Å². The number of nitrogens with zero attached hydrogens (tertiary/aromatic N) is 1. The number of benzene rings is 1. The van der Waals surface area contributed by atoms with E-state index in [1.807, 2.05) is 30.3 Å². The molecule has 0 amide bonds. The monoisotopic (exact) mass is 283 g/mol. The predicted octanol–water partition coefficient (Wildman–Crippen LogP) is -0.830. The van der Waals surface area contributed by atoms with Crippen molar-refractivity contribution in [3.05, 3.63) is 35.9 Å². The summed E-state index contributed by atoms with van der Waals surface area (Å²) >= 11 is 0. The lowest BCUT2D eigenvalue weighted by Gasteiger charge is -2.34. The first-order chi connectivity index (χ1) is 9.60. The van der Waals surface area contributed by atoms with Gasteiger partial charge >= 0.3 is 0 Å². The summed E-state index contributed by atoms with van der Waals surface area (Å²) in [6.45, 7) is -1.33. The maximum atomic E-state index is 9.37. The molecule has 0 spiro atoms. The molecule has 0 aliphatic carbocycles. The summed E-state index contributed by atoms with van der Waals surface area (Å²) in [7, 11) is 0. The first kappa shape index (κ1) is 16.4. The Morgan fingerprint density at radius 1 is 1.15 bits per heavy atom. The fourth-order valence-corrected chi connectivity index (χ4v) is 1.84. The Hall–Kier alpha value is -1.67. The van der Waals surface area contributed by atoms with E-state index < -0.39 is 31.4 Å². The van der Waals surface area contributed by atoms with Gasteiger partial charge in [-0.2, -0.15) is 0 Å². The SMILES string of the molecule is N/C(CC(NC(CO)(CO)CO)c1ccccc1)=N/O. The van der Waals surface area contributed by atoms with Crippen LogP contribution in [0.3, 0.4) is 0 Å². The third-order valence-electron chi connectivity index (χ3n) is 3.13. The number of nitrogens with two attached hydrogens (primary N) is 1. The van der Waals surface area contributed by atoms with Gasteiger partial charge in [0.25, 0.3) is 0 Å². The minimum absolute atomic E-state index is 0.00840. The van der Waals surface area contributed by atoms with Gasteiger partial charge in [0.15, 0.2) is 0 Å². The van der Waals surface area contributed by atoms with Gasteiger partial charge in [-0.3, -0.25) is 5.32 Å². The summed E-state index contributed by atoms with van der Waals surface area (Å²) in [6.07, 6.45) is 0.169. The zero-order valence-electron chi connectivity index (χ0n) is 11.1. The molecular formula is C13H21N3O4. The number of aliphatic hydroxyl groups is 3. The van der Waals surface area contributed by atoms with E-state index in [9.17, 15) is 15.3 Å². The van der Waals surface area contributed by atoms with E-state index in [1.54, 1.807) is 0 Å². The molecule has 1 aromatic carbocycles. The minimum atomic E-state index is -1.24. The van der Waals surface area contributed by atoms with Crippen molar-refractivity contribution in [1.29, 1.82) is 0 Å². The molecule has 7 nitrogen and oxygen atoms in total. The molecule has 1 aromatic rings. The van der Waals surface area contributed by atoms with Gasteiger partial charge in [-0.25, -0.2) is 0 Å². The van der Waals surface area contributed by atoms with Gasteiger partial charge in [-0.1, -0.05) is 35.5 Å². The summed E-state index contributed by atoms with van der Waals surface area (Å²) in [5.41, 5.74) is 5.12. The second-order valence-electron chi connectivity index (χ2n) is 4.66. The molecule has 0 bridgehead atoms. The van der Waals surface area contributed by atoms with Crippen LogP contribution in [0.4, 0.5) is 0 Å². The molecule has 0 radical (unpaired) electrons. The summed E-state index contributed by atoms with van der Waals surface area (Å²) in [6, 6.07) is 8.75. The second-order valence-corrected chi connectivity index (χ2v) is 4.66. The van der Waals surface area contributed by atoms with Crippen molar-refractivity contribution in [2.45, 2.75) is 18.0 Å². The predicted molar refractivity (Wildman–Crippen MR) is 74.3 cm³/mol. The molecule has 1 rings (SSSR count). The number of hydrogen-bond acceptors (Lipinski definition) is 6. The van der Waals surface area contributed by atoms with Gasteiger partial charge in [-0.05, 0) is 5.56 Å². The average Bonchev–Trinajstić information content (AvgIpc) is 2.52. The summed E-state index contributed by atoms with van der Waals surface area (Å²) in [5.74, 6) is 0.00840. The normalized spacial score (nSPS) is 14.2. The van der Waals surface area contributed by atoms with Crippen molar-refractivity contribution in [3.8, 4) is 0 Å². The highest BCUT2D eigenvalue weighted by Crippen LogP contribution is 2.20. The van der Waals surface area contributed by atoms with Crippen LogP contribution in [0.15, 0.2) is 35.5 Å². The third kappa shape index (κ3) is 4.17. The van der Waals surface area contributed by atoms with Gasteiger partial charge in [0.05, 0.1) is 25.4 Å². The maximum absolute atomic E-state index is 9.37. The molecule has 0 heterocycles. The standard InChI is InChI=1S/C13H21N3O4/c14-12(16-20)6-11(10-4-2-1-3-5-10)15-13(7-17,8-18)9-19/h1-5,11,15,17-20H,6-9H2,(H2,14,16). The topological polar surface area (TPSA) is 131 Å². The highest BCUT2D eigenvalue weighted by Gasteiger charge is 2.31. The summed E-state index contributed by atoms with van der Waals surface area (Å²) in [5, 5.41) is 42.7. The van der Waals surface area contributed by atoms with E-state index in [-0.39, 0.29) is 12.3 Å². The van der Waals surface area contributed by atoms with Gasteiger partial charge in [0.1, 0.15) is 5.84 Å². The van der Waals surface area contributed by atoms with Gasteiger partial charge < -0.3 is 26.3 Å². The maximum Gasteiger partial charge on any atom is 0.141 e. The second kappa shape index (κ2) is 7.81. The van der Waals surface area contributed by atoms with Crippen LogP contribution in [-0.2, 0) is 0 Å². The number of nitrogens with one attached hydrogen (secondary N) is 1. The first-order valence-electron chi connectivity index (χ1n) is 6.22. The molecule has 0 aliphatic rings. The molecule has 0 aromatic heterocycles. The van der Waals surface area contributed by atoms with E-state index in [0.717, 1.165) is 5.56 Å². The highest BCUT2D eigenvalue weighted by atomic mass is 16.4. The molecule has 0 fully saturated rings. The Morgan fingerprint density at radius 2 is 1.70 bits per heavy atom. The van der Waals surface area contributed by atoms with E-state index in [2.05, 4.69) is 10.5 Å². The molecule has 0 saturated carbocycles. The van der Waals surface area contributed by atoms with Crippen LogP contribution in [-0.4, -0.2) is 51.7 Å². The van der Waals surface area contributed by atoms with Crippen LogP contribution < -0.4 is 11.1 Å². The van der Waals surface area contributed by atoms with Crippen LogP contribution in [0.25, 0.3) is 0 Å². The first-order valence-corrected chi connectivity index (χ1v) is 6.22. The summed E-state index contributed by atoms with van der Waals surface area (Å²) in [4.78, 5) is 0. The van der Waals surface area contributed by atoms with Crippen molar-refractivity contribution in [3.63, 3.8) is 0 Å². The molecule has 112 valence electrons. The van der Waals surface area contributed by atoms with Crippen molar-refractivity contribution >= 4 is 5.84 Å². The van der Waals surface area contributed by atoms with E-state index >= 15 is 0 Å². The zero-order chi connectivity index (χ0) is 15.0. The average molecular weight is 283 g/mol. The highest BCUT2D eigenvalue weighted by molar-refractivity contribution is 5.80. The zero-order valence-corrected chi connectivity index (χ0v) is 11.1. The van der Waals surface area contributed by atoms with Gasteiger partial charge in [-0.15, -0.1) is 0 Å². The van der Waals surface area contributed by atoms with Crippen LogP contribution in [0.2, 0.25) is 0 Å². The number of amidine groups is 1. The van der Waals surface area contributed by atoms with Crippen molar-refractivity contribution in [1.82, 2.24) is 5.32 Å². The number of rotatable bonds is 8. The molecule has 7 heteroatoms. The molecule has 20 heavy (non-hydrogen) atoms. The van der Waals surface area contributed by atoms with Crippen molar-refractivity contribution in [2.24, 2.45) is 10.9 Å². The lowest BCUT2D eigenvalue weighted by atomic mass is 9.96.